The van der Waals surface area contributed by atoms with Gasteiger partial charge >= 0.3 is 0 Å². The average Bonchev–Trinajstić information content (AvgIpc) is 2.70. The number of thioether (sulfide) groups is 1. The van der Waals surface area contributed by atoms with Gasteiger partial charge in [0.2, 0.25) is 0 Å². The molecule has 0 aliphatic heterocycles. The van der Waals surface area contributed by atoms with Gasteiger partial charge in [0, 0.05) is 16.1 Å². The van der Waals surface area contributed by atoms with Crippen molar-refractivity contribution in [2.75, 3.05) is 15.8 Å². The highest BCUT2D eigenvalue weighted by atomic mass is 32.2. The molecule has 0 fully saturated rings. The van der Waals surface area contributed by atoms with Crippen molar-refractivity contribution >= 4 is 39.1 Å². The number of aryl methyl sites for hydroxylation is 1. The van der Waals surface area contributed by atoms with Gasteiger partial charge in [-0.25, -0.2) is 8.42 Å². The SMILES string of the molecule is CCSc1ccccc1NC(=O)c1cccc(NS(=O)(=O)c2ccc(C)cc2)c1. The van der Waals surface area contributed by atoms with Gasteiger partial charge in [0.25, 0.3) is 15.9 Å². The molecule has 0 aliphatic carbocycles. The van der Waals surface area contributed by atoms with Crippen molar-refractivity contribution in [3.05, 3.63) is 83.9 Å². The molecule has 3 rings (SSSR count). The van der Waals surface area contributed by atoms with Crippen LogP contribution in [-0.2, 0) is 10.0 Å². The number of hydrogen-bond donors (Lipinski definition) is 2. The van der Waals surface area contributed by atoms with Crippen LogP contribution in [0.1, 0.15) is 22.8 Å². The summed E-state index contributed by atoms with van der Waals surface area (Å²) in [4.78, 5) is 13.9. The number of para-hydroxylation sites is 1. The fourth-order valence-corrected chi connectivity index (χ4v) is 4.51. The molecule has 0 atom stereocenters. The molecule has 3 aromatic rings. The molecule has 29 heavy (non-hydrogen) atoms. The Bertz CT molecular complexity index is 1110. The third kappa shape index (κ3) is 5.40. The van der Waals surface area contributed by atoms with Crippen molar-refractivity contribution in [1.82, 2.24) is 0 Å². The summed E-state index contributed by atoms with van der Waals surface area (Å²) < 4.78 is 27.7. The molecule has 0 radical (unpaired) electrons. The van der Waals surface area contributed by atoms with Crippen LogP contribution in [0.4, 0.5) is 11.4 Å². The molecule has 7 heteroatoms. The van der Waals surface area contributed by atoms with Gasteiger partial charge in [-0.05, 0) is 55.1 Å². The first-order chi connectivity index (χ1) is 13.9. The average molecular weight is 427 g/mol. The van der Waals surface area contributed by atoms with Crippen LogP contribution in [0, 0.1) is 6.92 Å². The smallest absolute Gasteiger partial charge is 0.261 e. The molecule has 0 unspecified atom stereocenters. The second-order valence-corrected chi connectivity index (χ2v) is 9.37. The number of anilines is 2. The van der Waals surface area contributed by atoms with Crippen molar-refractivity contribution in [3.8, 4) is 0 Å². The van der Waals surface area contributed by atoms with E-state index in [0.717, 1.165) is 21.9 Å². The van der Waals surface area contributed by atoms with Crippen LogP contribution in [-0.4, -0.2) is 20.1 Å². The first-order valence-corrected chi connectivity index (χ1v) is 11.6. The van der Waals surface area contributed by atoms with Crippen molar-refractivity contribution in [2.24, 2.45) is 0 Å². The molecule has 0 aromatic heterocycles. The fourth-order valence-electron chi connectivity index (χ4n) is 2.70. The lowest BCUT2D eigenvalue weighted by Crippen LogP contribution is -2.15. The van der Waals surface area contributed by atoms with Crippen LogP contribution in [0.15, 0.2) is 82.6 Å². The largest absolute Gasteiger partial charge is 0.321 e. The number of sulfonamides is 1. The molecule has 3 aromatic carbocycles. The molecule has 0 bridgehead atoms. The molecule has 0 heterocycles. The fraction of sp³-hybridized carbons (Fsp3) is 0.136. The van der Waals surface area contributed by atoms with Gasteiger partial charge in [-0.2, -0.15) is 0 Å². The lowest BCUT2D eigenvalue weighted by Gasteiger charge is -2.12. The summed E-state index contributed by atoms with van der Waals surface area (Å²) in [7, 11) is -3.73. The van der Waals surface area contributed by atoms with Gasteiger partial charge < -0.3 is 5.32 Å². The zero-order valence-electron chi connectivity index (χ0n) is 16.2. The number of rotatable bonds is 7. The van der Waals surface area contributed by atoms with Gasteiger partial charge in [0.1, 0.15) is 0 Å². The number of hydrogen-bond acceptors (Lipinski definition) is 4. The summed E-state index contributed by atoms with van der Waals surface area (Å²) in [6.45, 7) is 3.94. The maximum atomic E-state index is 12.7. The minimum absolute atomic E-state index is 0.170. The van der Waals surface area contributed by atoms with E-state index in [9.17, 15) is 13.2 Å². The lowest BCUT2D eigenvalue weighted by molar-refractivity contribution is 0.102. The molecule has 2 N–H and O–H groups in total. The molecule has 0 saturated carbocycles. The summed E-state index contributed by atoms with van der Waals surface area (Å²) in [5.74, 6) is 0.592. The van der Waals surface area contributed by atoms with E-state index < -0.39 is 10.0 Å². The maximum Gasteiger partial charge on any atom is 0.261 e. The van der Waals surface area contributed by atoms with Crippen LogP contribution in [0.2, 0.25) is 0 Å². The Morgan fingerprint density at radius 2 is 1.69 bits per heavy atom. The van der Waals surface area contributed by atoms with Gasteiger partial charge in [-0.15, -0.1) is 11.8 Å². The Hall–Kier alpha value is -2.77. The monoisotopic (exact) mass is 426 g/mol. The predicted octanol–water partition coefficient (Wildman–Crippen LogP) is 5.16. The lowest BCUT2D eigenvalue weighted by atomic mass is 10.2. The summed E-state index contributed by atoms with van der Waals surface area (Å²) in [6, 6.07) is 20.6. The quantitative estimate of drug-likeness (QED) is 0.512. The second kappa shape index (κ2) is 9.15. The van der Waals surface area contributed by atoms with Gasteiger partial charge in [-0.1, -0.05) is 42.8 Å². The van der Waals surface area contributed by atoms with Crippen LogP contribution < -0.4 is 10.0 Å². The number of carbonyl (C=O) groups excluding carboxylic acids is 1. The maximum absolute atomic E-state index is 12.7. The summed E-state index contributed by atoms with van der Waals surface area (Å²) in [5, 5.41) is 2.90. The molecule has 150 valence electrons. The van der Waals surface area contributed by atoms with Gasteiger partial charge in [0.05, 0.1) is 10.6 Å². The number of nitrogens with one attached hydrogen (secondary N) is 2. The van der Waals surface area contributed by atoms with E-state index in [1.165, 1.54) is 6.07 Å². The summed E-state index contributed by atoms with van der Waals surface area (Å²) >= 11 is 1.64. The molecular weight excluding hydrogens is 404 g/mol. The standard InChI is InChI=1S/C22H22N2O3S2/c1-3-28-21-10-5-4-9-20(21)23-22(25)17-7-6-8-18(15-17)24-29(26,27)19-13-11-16(2)12-14-19/h4-15,24H,3H2,1-2H3,(H,23,25). The molecular formula is C22H22N2O3S2. The third-order valence-corrected chi connectivity index (χ3v) is 6.50. The highest BCUT2D eigenvalue weighted by molar-refractivity contribution is 7.99. The highest BCUT2D eigenvalue weighted by Gasteiger charge is 2.15. The molecule has 0 saturated heterocycles. The van der Waals surface area contributed by atoms with E-state index >= 15 is 0 Å². The van der Waals surface area contributed by atoms with Crippen molar-refractivity contribution < 1.29 is 13.2 Å². The predicted molar refractivity (Wildman–Crippen MR) is 119 cm³/mol. The van der Waals surface area contributed by atoms with Crippen LogP contribution >= 0.6 is 11.8 Å². The minimum Gasteiger partial charge on any atom is -0.321 e. The van der Waals surface area contributed by atoms with Gasteiger partial charge in [0.15, 0.2) is 0 Å². The van der Waals surface area contributed by atoms with E-state index in [1.807, 2.05) is 38.1 Å². The molecule has 1 amide bonds. The Labute approximate surface area is 175 Å². The van der Waals surface area contributed by atoms with E-state index in [1.54, 1.807) is 54.2 Å². The van der Waals surface area contributed by atoms with E-state index in [0.29, 0.717) is 11.3 Å². The number of carbonyl (C=O) groups is 1. The summed E-state index contributed by atoms with van der Waals surface area (Å²) in [5.41, 5.74) is 2.40. The van der Waals surface area contributed by atoms with E-state index in [2.05, 4.69) is 10.0 Å². The van der Waals surface area contributed by atoms with E-state index in [4.69, 9.17) is 0 Å². The van der Waals surface area contributed by atoms with Crippen LogP contribution in [0.25, 0.3) is 0 Å². The highest BCUT2D eigenvalue weighted by Crippen LogP contribution is 2.27. The Balaban J connectivity index is 1.79. The van der Waals surface area contributed by atoms with Crippen LogP contribution in [0.3, 0.4) is 0 Å². The first-order valence-electron chi connectivity index (χ1n) is 9.12. The van der Waals surface area contributed by atoms with Crippen molar-refractivity contribution in [3.63, 3.8) is 0 Å². The third-order valence-electron chi connectivity index (χ3n) is 4.14. The summed E-state index contributed by atoms with van der Waals surface area (Å²) in [6.07, 6.45) is 0. The van der Waals surface area contributed by atoms with Crippen molar-refractivity contribution in [2.45, 2.75) is 23.6 Å². The first kappa shape index (κ1) is 21.0. The zero-order chi connectivity index (χ0) is 20.9. The number of benzene rings is 3. The number of amides is 1. The Morgan fingerprint density at radius 3 is 2.41 bits per heavy atom. The molecule has 0 aliphatic rings. The Morgan fingerprint density at radius 1 is 0.966 bits per heavy atom. The van der Waals surface area contributed by atoms with Crippen molar-refractivity contribution in [1.29, 1.82) is 0 Å². The molecule has 0 spiro atoms. The minimum atomic E-state index is -3.73. The second-order valence-electron chi connectivity index (χ2n) is 6.38. The topological polar surface area (TPSA) is 75.3 Å². The normalized spacial score (nSPS) is 11.1. The van der Waals surface area contributed by atoms with Gasteiger partial charge in [-0.3, -0.25) is 9.52 Å². The van der Waals surface area contributed by atoms with Crippen LogP contribution in [0.5, 0.6) is 0 Å². The Kier molecular flexibility index (Phi) is 6.61. The zero-order valence-corrected chi connectivity index (χ0v) is 17.8. The van der Waals surface area contributed by atoms with E-state index in [-0.39, 0.29) is 10.8 Å². The molecule has 5 nitrogen and oxygen atoms in total.